The summed E-state index contributed by atoms with van der Waals surface area (Å²) in [7, 11) is 3.45. The maximum atomic E-state index is 11.5. The second-order valence-corrected chi connectivity index (χ2v) is 4.77. The number of aliphatic hydroxyl groups is 1. The minimum atomic E-state index is -1.12. The maximum absolute atomic E-state index is 11.5. The van der Waals surface area contributed by atoms with Crippen molar-refractivity contribution in [2.75, 3.05) is 33.8 Å². The number of hydrogen-bond acceptors (Lipinski definition) is 5. The highest BCUT2D eigenvalue weighted by Crippen LogP contribution is 2.14. The fourth-order valence-electron chi connectivity index (χ4n) is 1.46. The van der Waals surface area contributed by atoms with Gasteiger partial charge in [-0.3, -0.25) is 4.79 Å². The summed E-state index contributed by atoms with van der Waals surface area (Å²) in [6.45, 7) is 4.33. The van der Waals surface area contributed by atoms with E-state index in [0.29, 0.717) is 13.1 Å². The molecule has 0 rings (SSSR count). The monoisotopic (exact) mass is 260 g/mol. The molecule has 0 aliphatic heterocycles. The lowest BCUT2D eigenvalue weighted by atomic mass is 9.97. The average Bonchev–Trinajstić information content (AvgIpc) is 2.23. The second kappa shape index (κ2) is 8.05. The topological polar surface area (TPSA) is 78.9 Å². The van der Waals surface area contributed by atoms with Gasteiger partial charge in [-0.2, -0.15) is 0 Å². The molecule has 1 unspecified atom stereocenters. The second-order valence-electron chi connectivity index (χ2n) is 4.77. The van der Waals surface area contributed by atoms with E-state index in [1.165, 1.54) is 11.8 Å². The summed E-state index contributed by atoms with van der Waals surface area (Å²) in [5.74, 6) is -0.0857. The minimum Gasteiger partial charge on any atom is -0.449 e. The molecule has 1 amide bonds. The molecule has 1 atom stereocenters. The highest BCUT2D eigenvalue weighted by atomic mass is 16.6. The van der Waals surface area contributed by atoms with Gasteiger partial charge in [0.15, 0.2) is 0 Å². The molecular formula is C12H24N2O4. The van der Waals surface area contributed by atoms with Crippen LogP contribution in [0.2, 0.25) is 0 Å². The number of nitrogens with zero attached hydrogens (tertiary/aromatic N) is 1. The molecule has 0 aliphatic carbocycles. The minimum absolute atomic E-state index is 0.0696. The highest BCUT2D eigenvalue weighted by Gasteiger charge is 2.23. The number of rotatable bonds is 8. The van der Waals surface area contributed by atoms with Gasteiger partial charge in [0.2, 0.25) is 0 Å². The zero-order valence-corrected chi connectivity index (χ0v) is 11.7. The summed E-state index contributed by atoms with van der Waals surface area (Å²) in [5, 5.41) is 12.8. The molecular weight excluding hydrogens is 236 g/mol. The molecule has 0 aromatic carbocycles. The Bertz CT molecular complexity index is 279. The number of ether oxygens (including phenoxy) is 1. The quantitative estimate of drug-likeness (QED) is 0.660. The van der Waals surface area contributed by atoms with Crippen molar-refractivity contribution in [3.8, 4) is 0 Å². The molecule has 0 spiro atoms. The van der Waals surface area contributed by atoms with Gasteiger partial charge < -0.3 is 20.1 Å². The zero-order valence-electron chi connectivity index (χ0n) is 11.7. The smallest absolute Gasteiger partial charge is 0.409 e. The van der Waals surface area contributed by atoms with Crippen LogP contribution in [0.5, 0.6) is 0 Å². The molecule has 0 aromatic heterocycles. The van der Waals surface area contributed by atoms with E-state index < -0.39 is 11.7 Å². The number of nitrogens with one attached hydrogen (secondary N) is 1. The van der Waals surface area contributed by atoms with Crippen molar-refractivity contribution < 1.29 is 19.4 Å². The third kappa shape index (κ3) is 8.03. The van der Waals surface area contributed by atoms with E-state index in [1.54, 1.807) is 21.0 Å². The summed E-state index contributed by atoms with van der Waals surface area (Å²) in [6.07, 6.45) is -0.109. The SMILES string of the molecule is CNCCN(C)C(=O)OCCC(C)(O)CC(C)=O. The molecule has 6 nitrogen and oxygen atoms in total. The summed E-state index contributed by atoms with van der Waals surface area (Å²) in [6, 6.07) is 0. The predicted octanol–water partition coefficient (Wildman–Crippen LogP) is 0.394. The fraction of sp³-hybridized carbons (Fsp3) is 0.833. The summed E-state index contributed by atoms with van der Waals surface area (Å²) >= 11 is 0. The van der Waals surface area contributed by atoms with E-state index in [1.807, 2.05) is 0 Å². The molecule has 0 fully saturated rings. The number of hydrogen-bond donors (Lipinski definition) is 2. The van der Waals surface area contributed by atoms with Gasteiger partial charge in [-0.15, -0.1) is 0 Å². The van der Waals surface area contributed by atoms with Crippen LogP contribution in [0.1, 0.15) is 26.7 Å². The number of carbonyl (C=O) groups excluding carboxylic acids is 2. The number of amides is 1. The van der Waals surface area contributed by atoms with Crippen LogP contribution in [0.25, 0.3) is 0 Å². The molecule has 6 heteroatoms. The number of carbonyl (C=O) groups is 2. The zero-order chi connectivity index (χ0) is 14.2. The molecule has 106 valence electrons. The van der Waals surface area contributed by atoms with Crippen LogP contribution < -0.4 is 5.32 Å². The standard InChI is InChI=1S/C12H24N2O4/c1-10(15)9-12(2,17)5-8-18-11(16)14(4)7-6-13-3/h13,17H,5-9H2,1-4H3. The van der Waals surface area contributed by atoms with E-state index in [-0.39, 0.29) is 25.2 Å². The van der Waals surface area contributed by atoms with Crippen LogP contribution in [0.3, 0.4) is 0 Å². The Kier molecular flexibility index (Phi) is 7.54. The van der Waals surface area contributed by atoms with Crippen molar-refractivity contribution in [3.63, 3.8) is 0 Å². The Labute approximate surface area is 108 Å². The third-order valence-electron chi connectivity index (χ3n) is 2.50. The van der Waals surface area contributed by atoms with Crippen molar-refractivity contribution in [1.82, 2.24) is 10.2 Å². The molecule has 0 radical (unpaired) electrons. The molecule has 0 aromatic rings. The largest absolute Gasteiger partial charge is 0.449 e. The van der Waals surface area contributed by atoms with Crippen LogP contribution in [-0.2, 0) is 9.53 Å². The lowest BCUT2D eigenvalue weighted by Crippen LogP contribution is -2.35. The van der Waals surface area contributed by atoms with E-state index >= 15 is 0 Å². The Morgan fingerprint density at radius 2 is 2.06 bits per heavy atom. The maximum Gasteiger partial charge on any atom is 0.409 e. The summed E-state index contributed by atoms with van der Waals surface area (Å²) in [4.78, 5) is 23.8. The van der Waals surface area contributed by atoms with Gasteiger partial charge in [0.25, 0.3) is 0 Å². The number of Topliss-reactive ketones (excluding diaryl/α,β-unsaturated/α-hetero) is 1. The normalized spacial score (nSPS) is 13.8. The molecule has 18 heavy (non-hydrogen) atoms. The van der Waals surface area contributed by atoms with Crippen LogP contribution >= 0.6 is 0 Å². The van der Waals surface area contributed by atoms with Gasteiger partial charge in [0.1, 0.15) is 5.78 Å². The highest BCUT2D eigenvalue weighted by molar-refractivity contribution is 5.76. The van der Waals surface area contributed by atoms with Gasteiger partial charge in [-0.05, 0) is 20.9 Å². The average molecular weight is 260 g/mol. The molecule has 0 saturated carbocycles. The van der Waals surface area contributed by atoms with Crippen molar-refractivity contribution in [2.24, 2.45) is 0 Å². The Morgan fingerprint density at radius 3 is 2.56 bits per heavy atom. The first-order valence-corrected chi connectivity index (χ1v) is 6.03. The van der Waals surface area contributed by atoms with E-state index in [4.69, 9.17) is 4.74 Å². The third-order valence-corrected chi connectivity index (χ3v) is 2.50. The Morgan fingerprint density at radius 1 is 1.44 bits per heavy atom. The number of likely N-dealkylation sites (N-methyl/N-ethyl adjacent to an activating group) is 2. The Balaban J connectivity index is 3.89. The van der Waals surface area contributed by atoms with Crippen molar-refractivity contribution in [2.45, 2.75) is 32.3 Å². The molecule has 0 bridgehead atoms. The van der Waals surface area contributed by atoms with Gasteiger partial charge in [-0.1, -0.05) is 0 Å². The number of ketones is 1. The Hall–Kier alpha value is -1.14. The van der Waals surface area contributed by atoms with Gasteiger partial charge >= 0.3 is 6.09 Å². The van der Waals surface area contributed by atoms with Crippen LogP contribution in [0.15, 0.2) is 0 Å². The van der Waals surface area contributed by atoms with Gasteiger partial charge in [-0.25, -0.2) is 4.79 Å². The van der Waals surface area contributed by atoms with Crippen LogP contribution in [0, 0.1) is 0 Å². The van der Waals surface area contributed by atoms with E-state index in [0.717, 1.165) is 0 Å². The first kappa shape index (κ1) is 16.9. The first-order chi connectivity index (χ1) is 8.28. The van der Waals surface area contributed by atoms with E-state index in [2.05, 4.69) is 5.32 Å². The molecule has 0 aliphatic rings. The van der Waals surface area contributed by atoms with Gasteiger partial charge in [0, 0.05) is 33.0 Å². The molecule has 2 N–H and O–H groups in total. The first-order valence-electron chi connectivity index (χ1n) is 6.03. The van der Waals surface area contributed by atoms with Crippen LogP contribution in [0.4, 0.5) is 4.79 Å². The molecule has 0 saturated heterocycles. The van der Waals surface area contributed by atoms with Crippen LogP contribution in [-0.4, -0.2) is 61.3 Å². The lowest BCUT2D eigenvalue weighted by molar-refractivity contribution is -0.121. The summed E-state index contributed by atoms with van der Waals surface area (Å²) < 4.78 is 5.01. The van der Waals surface area contributed by atoms with E-state index in [9.17, 15) is 14.7 Å². The summed E-state index contributed by atoms with van der Waals surface area (Å²) in [5.41, 5.74) is -1.12. The molecule has 0 heterocycles. The predicted molar refractivity (Wildman–Crippen MR) is 68.4 cm³/mol. The van der Waals surface area contributed by atoms with Crippen molar-refractivity contribution >= 4 is 11.9 Å². The van der Waals surface area contributed by atoms with Gasteiger partial charge in [0.05, 0.1) is 12.2 Å². The van der Waals surface area contributed by atoms with Crippen molar-refractivity contribution in [3.05, 3.63) is 0 Å². The lowest BCUT2D eigenvalue weighted by Gasteiger charge is -2.22. The van der Waals surface area contributed by atoms with Crippen molar-refractivity contribution in [1.29, 1.82) is 0 Å². The fourth-order valence-corrected chi connectivity index (χ4v) is 1.46.